The summed E-state index contributed by atoms with van der Waals surface area (Å²) in [6.07, 6.45) is 45.0. The molecule has 0 unspecified atom stereocenters. The molecule has 3 heteroatoms. The number of rotatable bonds is 38. The van der Waals surface area contributed by atoms with E-state index in [1.165, 1.54) is 205 Å². The minimum absolute atomic E-state index is 0.0670. The summed E-state index contributed by atoms with van der Waals surface area (Å²) in [6.45, 7) is 7.15. The summed E-state index contributed by atoms with van der Waals surface area (Å²) in [4.78, 5) is 2.19. The van der Waals surface area contributed by atoms with Gasteiger partial charge in [0.2, 0.25) is 0 Å². The van der Waals surface area contributed by atoms with Crippen molar-refractivity contribution < 1.29 is 9.47 Å². The molecule has 43 heavy (non-hydrogen) atoms. The molecule has 0 saturated carbocycles. The third kappa shape index (κ3) is 38.0. The van der Waals surface area contributed by atoms with E-state index in [4.69, 9.17) is 9.47 Å². The summed E-state index contributed by atoms with van der Waals surface area (Å²) < 4.78 is 12.3. The third-order valence-corrected chi connectivity index (χ3v) is 9.12. The monoisotopic (exact) mass is 610 g/mol. The molecule has 0 aromatic rings. The SMILES string of the molecule is CCCCCCCCCCCCCCCCCCOC(CN(C)C)OCCCCCCCCCCCCCCCCCC. The second-order valence-electron chi connectivity index (χ2n) is 14.0. The largest absolute Gasteiger partial charge is 0.351 e. The average Bonchev–Trinajstić information content (AvgIpc) is 2.99. The summed E-state index contributed by atoms with van der Waals surface area (Å²) in [5, 5.41) is 0. The first-order chi connectivity index (χ1) is 21.2. The van der Waals surface area contributed by atoms with Crippen molar-refractivity contribution in [2.24, 2.45) is 0 Å². The summed E-state index contributed by atoms with van der Waals surface area (Å²) in [5.41, 5.74) is 0. The molecule has 0 atom stereocenters. The van der Waals surface area contributed by atoms with Crippen molar-refractivity contribution in [2.45, 2.75) is 226 Å². The van der Waals surface area contributed by atoms with Crippen LogP contribution in [0.1, 0.15) is 219 Å². The van der Waals surface area contributed by atoms with Gasteiger partial charge in [-0.05, 0) is 26.9 Å². The van der Waals surface area contributed by atoms with Crippen molar-refractivity contribution in [2.75, 3.05) is 33.9 Å². The first-order valence-electron chi connectivity index (χ1n) is 20.1. The molecule has 0 amide bonds. The molecule has 0 N–H and O–H groups in total. The number of unbranched alkanes of at least 4 members (excludes halogenated alkanes) is 30. The Balaban J connectivity index is 3.44. The molecule has 0 aliphatic carbocycles. The van der Waals surface area contributed by atoms with Crippen LogP contribution < -0.4 is 0 Å². The molecular weight excluding hydrogens is 526 g/mol. The first-order valence-corrected chi connectivity index (χ1v) is 20.1. The molecule has 3 nitrogen and oxygen atoms in total. The second-order valence-corrected chi connectivity index (χ2v) is 14.0. The number of hydrogen-bond donors (Lipinski definition) is 0. The van der Waals surface area contributed by atoms with Crippen molar-refractivity contribution in [3.63, 3.8) is 0 Å². The van der Waals surface area contributed by atoms with E-state index in [-0.39, 0.29) is 6.29 Å². The van der Waals surface area contributed by atoms with Gasteiger partial charge in [0.25, 0.3) is 0 Å². The van der Waals surface area contributed by atoms with Gasteiger partial charge in [0.1, 0.15) is 0 Å². The van der Waals surface area contributed by atoms with Crippen molar-refractivity contribution in [1.29, 1.82) is 0 Å². The lowest BCUT2D eigenvalue weighted by Crippen LogP contribution is -2.31. The van der Waals surface area contributed by atoms with E-state index >= 15 is 0 Å². The van der Waals surface area contributed by atoms with Crippen LogP contribution in [0.2, 0.25) is 0 Å². The second kappa shape index (κ2) is 38.1. The van der Waals surface area contributed by atoms with Crippen LogP contribution in [0.25, 0.3) is 0 Å². The molecule has 0 bridgehead atoms. The van der Waals surface area contributed by atoms with Gasteiger partial charge in [-0.3, -0.25) is 0 Å². The predicted molar refractivity (Wildman–Crippen MR) is 193 cm³/mol. The molecule has 0 fully saturated rings. The molecular formula is C40H83NO2. The van der Waals surface area contributed by atoms with Crippen LogP contribution in [0.3, 0.4) is 0 Å². The zero-order valence-electron chi connectivity index (χ0n) is 30.6. The van der Waals surface area contributed by atoms with Crippen molar-refractivity contribution in [1.82, 2.24) is 4.90 Å². The topological polar surface area (TPSA) is 21.7 Å². The minimum Gasteiger partial charge on any atom is -0.351 e. The molecule has 0 aromatic carbocycles. The van der Waals surface area contributed by atoms with E-state index in [2.05, 4.69) is 32.8 Å². The van der Waals surface area contributed by atoms with E-state index in [1.54, 1.807) is 0 Å². The van der Waals surface area contributed by atoms with Crippen LogP contribution in [-0.4, -0.2) is 45.0 Å². The van der Waals surface area contributed by atoms with Gasteiger partial charge in [0, 0.05) is 19.8 Å². The fourth-order valence-electron chi connectivity index (χ4n) is 6.18. The Hall–Kier alpha value is -0.120. The van der Waals surface area contributed by atoms with Crippen LogP contribution in [0, 0.1) is 0 Å². The maximum atomic E-state index is 6.14. The molecule has 260 valence electrons. The van der Waals surface area contributed by atoms with Gasteiger partial charge >= 0.3 is 0 Å². The Kier molecular flexibility index (Phi) is 38.0. The summed E-state index contributed by atoms with van der Waals surface area (Å²) in [5.74, 6) is 0. The molecule has 0 rings (SSSR count). The highest BCUT2D eigenvalue weighted by Crippen LogP contribution is 2.15. The van der Waals surface area contributed by atoms with Crippen LogP contribution in [0.15, 0.2) is 0 Å². The van der Waals surface area contributed by atoms with Crippen molar-refractivity contribution >= 4 is 0 Å². The number of hydrogen-bond acceptors (Lipinski definition) is 3. The average molecular weight is 610 g/mol. The van der Waals surface area contributed by atoms with Gasteiger partial charge in [-0.2, -0.15) is 0 Å². The highest BCUT2D eigenvalue weighted by atomic mass is 16.7. The third-order valence-electron chi connectivity index (χ3n) is 9.12. The molecule has 0 aromatic heterocycles. The maximum absolute atomic E-state index is 6.14. The van der Waals surface area contributed by atoms with Gasteiger partial charge in [-0.25, -0.2) is 0 Å². The number of likely N-dealkylation sites (N-methyl/N-ethyl adjacent to an activating group) is 1. The van der Waals surface area contributed by atoms with Crippen LogP contribution in [-0.2, 0) is 9.47 Å². The highest BCUT2D eigenvalue weighted by Gasteiger charge is 2.10. The standard InChI is InChI=1S/C40H83NO2/c1-5-7-9-11-13-15-17-19-21-23-25-27-29-31-33-35-37-42-40(39-41(3)4)43-38-36-34-32-30-28-26-24-22-20-18-16-14-12-10-8-6-2/h40H,5-39H2,1-4H3. The Morgan fingerprint density at radius 2 is 0.535 bits per heavy atom. The Morgan fingerprint density at radius 3 is 0.744 bits per heavy atom. The number of nitrogens with zero attached hydrogens (tertiary/aromatic N) is 1. The van der Waals surface area contributed by atoms with Crippen LogP contribution >= 0.6 is 0 Å². The lowest BCUT2D eigenvalue weighted by molar-refractivity contribution is -0.150. The molecule has 0 spiro atoms. The van der Waals surface area contributed by atoms with E-state index in [1.807, 2.05) is 0 Å². The van der Waals surface area contributed by atoms with E-state index in [9.17, 15) is 0 Å². The van der Waals surface area contributed by atoms with Gasteiger partial charge in [0.15, 0.2) is 6.29 Å². The van der Waals surface area contributed by atoms with E-state index < -0.39 is 0 Å². The fourth-order valence-corrected chi connectivity index (χ4v) is 6.18. The van der Waals surface area contributed by atoms with Crippen molar-refractivity contribution in [3.8, 4) is 0 Å². The highest BCUT2D eigenvalue weighted by molar-refractivity contribution is 4.54. The first kappa shape index (κ1) is 42.9. The maximum Gasteiger partial charge on any atom is 0.170 e. The summed E-state index contributed by atoms with van der Waals surface area (Å²) in [7, 11) is 4.23. The zero-order valence-corrected chi connectivity index (χ0v) is 30.6. The smallest absolute Gasteiger partial charge is 0.170 e. The van der Waals surface area contributed by atoms with E-state index in [0.717, 1.165) is 19.8 Å². The zero-order chi connectivity index (χ0) is 31.3. The Labute approximate surface area is 273 Å². The fraction of sp³-hybridized carbons (Fsp3) is 1.00. The Morgan fingerprint density at radius 1 is 0.326 bits per heavy atom. The van der Waals surface area contributed by atoms with E-state index in [0.29, 0.717) is 0 Å². The molecule has 0 aliphatic rings. The molecule has 0 saturated heterocycles. The molecule has 0 radical (unpaired) electrons. The van der Waals surface area contributed by atoms with Crippen LogP contribution in [0.5, 0.6) is 0 Å². The Bertz CT molecular complexity index is 445. The van der Waals surface area contributed by atoms with Gasteiger partial charge in [0.05, 0.1) is 0 Å². The summed E-state index contributed by atoms with van der Waals surface area (Å²) >= 11 is 0. The quantitative estimate of drug-likeness (QED) is 0.0513. The number of ether oxygens (including phenoxy) is 2. The normalized spacial score (nSPS) is 11.9. The van der Waals surface area contributed by atoms with Gasteiger partial charge in [-0.15, -0.1) is 0 Å². The molecule has 0 heterocycles. The van der Waals surface area contributed by atoms with Crippen LogP contribution in [0.4, 0.5) is 0 Å². The van der Waals surface area contributed by atoms with Crippen molar-refractivity contribution in [3.05, 3.63) is 0 Å². The lowest BCUT2D eigenvalue weighted by atomic mass is 10.0. The minimum atomic E-state index is -0.0670. The molecule has 0 aliphatic heterocycles. The summed E-state index contributed by atoms with van der Waals surface area (Å²) in [6, 6.07) is 0. The van der Waals surface area contributed by atoms with Gasteiger partial charge in [-0.1, -0.05) is 206 Å². The lowest BCUT2D eigenvalue weighted by Gasteiger charge is -2.22. The van der Waals surface area contributed by atoms with Gasteiger partial charge < -0.3 is 14.4 Å². The predicted octanol–water partition coefficient (Wildman–Crippen LogP) is 13.4.